The van der Waals surface area contributed by atoms with Gasteiger partial charge in [-0.15, -0.1) is 0 Å². The molecule has 2 rings (SSSR count). The van der Waals surface area contributed by atoms with Gasteiger partial charge in [0.2, 0.25) is 0 Å². The van der Waals surface area contributed by atoms with Gasteiger partial charge in [-0.3, -0.25) is 4.79 Å². The Morgan fingerprint density at radius 2 is 1.92 bits per heavy atom. The van der Waals surface area contributed by atoms with Crippen molar-refractivity contribution in [3.8, 4) is 6.07 Å². The lowest BCUT2D eigenvalue weighted by Crippen LogP contribution is -2.42. The number of hydrogen-bond donors (Lipinski definition) is 2. The van der Waals surface area contributed by atoms with Crippen LogP contribution < -0.4 is 5.32 Å². The summed E-state index contributed by atoms with van der Waals surface area (Å²) >= 11 is 0. The van der Waals surface area contributed by atoms with Gasteiger partial charge in [-0.25, -0.2) is 13.6 Å². The van der Waals surface area contributed by atoms with Crippen molar-refractivity contribution >= 4 is 11.9 Å². The number of nitrogens with one attached hydrogen (secondary N) is 1. The number of aliphatic carboxylic acids is 1. The normalized spacial score (nSPS) is 11.4. The lowest BCUT2D eigenvalue weighted by atomic mass is 10.0. The van der Waals surface area contributed by atoms with Gasteiger partial charge in [0, 0.05) is 6.42 Å². The Morgan fingerprint density at radius 1 is 1.21 bits per heavy atom. The standard InChI is InChI=1S/C17H12F2N2O3/c18-13-6-2-5-12(15(13)19)16(22)21-14(17(23)24)8-10-3-1-4-11(7-10)9-20/h1-7,14H,8H2,(H,21,22)(H,23,24)/t14-/m0/s1. The van der Waals surface area contributed by atoms with Crippen LogP contribution in [-0.2, 0) is 11.2 Å². The first-order valence-corrected chi connectivity index (χ1v) is 6.89. The van der Waals surface area contributed by atoms with E-state index in [1.165, 1.54) is 6.07 Å². The number of rotatable bonds is 5. The van der Waals surface area contributed by atoms with Crippen molar-refractivity contribution in [2.75, 3.05) is 0 Å². The molecule has 0 fully saturated rings. The number of amides is 1. The van der Waals surface area contributed by atoms with Crippen LogP contribution in [0.3, 0.4) is 0 Å². The zero-order valence-corrected chi connectivity index (χ0v) is 12.3. The lowest BCUT2D eigenvalue weighted by molar-refractivity contribution is -0.139. The molecule has 1 amide bonds. The second kappa shape index (κ2) is 7.33. The number of benzene rings is 2. The first-order valence-electron chi connectivity index (χ1n) is 6.89. The Bertz CT molecular complexity index is 831. The van der Waals surface area contributed by atoms with Crippen molar-refractivity contribution in [2.45, 2.75) is 12.5 Å². The highest BCUT2D eigenvalue weighted by atomic mass is 19.2. The van der Waals surface area contributed by atoms with Crippen LogP contribution in [0, 0.1) is 23.0 Å². The van der Waals surface area contributed by atoms with Gasteiger partial charge in [-0.1, -0.05) is 18.2 Å². The predicted octanol–water partition coefficient (Wildman–Crippen LogP) is 2.26. The van der Waals surface area contributed by atoms with Gasteiger partial charge in [0.25, 0.3) is 5.91 Å². The molecule has 2 N–H and O–H groups in total. The van der Waals surface area contributed by atoms with E-state index in [9.17, 15) is 23.5 Å². The molecule has 0 heterocycles. The molecule has 0 saturated heterocycles. The molecule has 0 aliphatic heterocycles. The number of nitriles is 1. The van der Waals surface area contributed by atoms with E-state index in [0.717, 1.165) is 18.2 Å². The first-order chi connectivity index (χ1) is 11.4. The molecule has 0 saturated carbocycles. The molecular formula is C17H12F2N2O3. The van der Waals surface area contributed by atoms with Crippen LogP contribution in [0.15, 0.2) is 42.5 Å². The second-order valence-corrected chi connectivity index (χ2v) is 4.98. The SMILES string of the molecule is N#Cc1cccc(C[C@H](NC(=O)c2cccc(F)c2F)C(=O)O)c1. The van der Waals surface area contributed by atoms with Gasteiger partial charge >= 0.3 is 5.97 Å². The van der Waals surface area contributed by atoms with Gasteiger partial charge in [-0.05, 0) is 29.8 Å². The molecule has 122 valence electrons. The van der Waals surface area contributed by atoms with Gasteiger partial charge in [0.1, 0.15) is 6.04 Å². The minimum atomic E-state index is -1.35. The molecule has 2 aromatic rings. The summed E-state index contributed by atoms with van der Waals surface area (Å²) in [5.41, 5.74) is 0.285. The Balaban J connectivity index is 2.19. The molecule has 1 atom stereocenters. The summed E-state index contributed by atoms with van der Waals surface area (Å²) in [6.07, 6.45) is -0.104. The highest BCUT2D eigenvalue weighted by molar-refractivity contribution is 5.96. The number of carboxylic acids is 1. The van der Waals surface area contributed by atoms with E-state index in [0.29, 0.717) is 11.1 Å². The van der Waals surface area contributed by atoms with Crippen LogP contribution in [-0.4, -0.2) is 23.0 Å². The van der Waals surface area contributed by atoms with E-state index >= 15 is 0 Å². The van der Waals surface area contributed by atoms with E-state index in [4.69, 9.17) is 5.26 Å². The third-order valence-electron chi connectivity index (χ3n) is 3.30. The molecule has 0 aliphatic carbocycles. The maximum Gasteiger partial charge on any atom is 0.326 e. The average Bonchev–Trinajstić information content (AvgIpc) is 2.56. The molecule has 0 unspecified atom stereocenters. The summed E-state index contributed by atoms with van der Waals surface area (Å²) in [6, 6.07) is 9.87. The lowest BCUT2D eigenvalue weighted by Gasteiger charge is -2.15. The highest BCUT2D eigenvalue weighted by Crippen LogP contribution is 2.12. The van der Waals surface area contributed by atoms with E-state index in [1.54, 1.807) is 18.2 Å². The highest BCUT2D eigenvalue weighted by Gasteiger charge is 2.23. The van der Waals surface area contributed by atoms with E-state index in [1.807, 2.05) is 6.07 Å². The monoisotopic (exact) mass is 330 g/mol. The second-order valence-electron chi connectivity index (χ2n) is 4.98. The Morgan fingerprint density at radius 3 is 2.58 bits per heavy atom. The molecule has 0 aromatic heterocycles. The maximum atomic E-state index is 13.6. The van der Waals surface area contributed by atoms with Crippen molar-refractivity contribution in [3.63, 3.8) is 0 Å². The average molecular weight is 330 g/mol. The minimum absolute atomic E-state index is 0.104. The largest absolute Gasteiger partial charge is 0.480 e. The third kappa shape index (κ3) is 3.93. The van der Waals surface area contributed by atoms with E-state index < -0.39 is 35.1 Å². The number of nitrogens with zero attached hydrogens (tertiary/aromatic N) is 1. The van der Waals surface area contributed by atoms with Gasteiger partial charge in [-0.2, -0.15) is 5.26 Å². The summed E-state index contributed by atoms with van der Waals surface area (Å²) in [6.45, 7) is 0. The summed E-state index contributed by atoms with van der Waals surface area (Å²) in [4.78, 5) is 23.3. The van der Waals surface area contributed by atoms with Crippen molar-refractivity contribution in [1.82, 2.24) is 5.32 Å². The Labute approximate surface area is 136 Å². The van der Waals surface area contributed by atoms with Gasteiger partial charge in [0.15, 0.2) is 11.6 Å². The Kier molecular flexibility index (Phi) is 5.22. The summed E-state index contributed by atoms with van der Waals surface area (Å²) in [5.74, 6) is -4.90. The quantitative estimate of drug-likeness (QED) is 0.880. The van der Waals surface area contributed by atoms with Crippen LogP contribution in [0.4, 0.5) is 8.78 Å². The molecule has 0 bridgehead atoms. The smallest absolute Gasteiger partial charge is 0.326 e. The molecule has 0 radical (unpaired) electrons. The molecule has 7 heteroatoms. The number of halogens is 2. The van der Waals surface area contributed by atoms with Crippen LogP contribution >= 0.6 is 0 Å². The fraction of sp³-hybridized carbons (Fsp3) is 0.118. The van der Waals surface area contributed by atoms with Crippen molar-refractivity contribution in [2.24, 2.45) is 0 Å². The first kappa shape index (κ1) is 17.1. The van der Waals surface area contributed by atoms with Crippen molar-refractivity contribution in [1.29, 1.82) is 5.26 Å². The number of carboxylic acid groups (broad SMARTS) is 1. The summed E-state index contributed by atoms with van der Waals surface area (Å²) in [7, 11) is 0. The van der Waals surface area contributed by atoms with Crippen molar-refractivity contribution in [3.05, 3.63) is 70.8 Å². The molecular weight excluding hydrogens is 318 g/mol. The van der Waals surface area contributed by atoms with E-state index in [-0.39, 0.29) is 6.42 Å². The molecule has 2 aromatic carbocycles. The number of hydrogen-bond acceptors (Lipinski definition) is 3. The maximum absolute atomic E-state index is 13.6. The van der Waals surface area contributed by atoms with Crippen LogP contribution in [0.5, 0.6) is 0 Å². The summed E-state index contributed by atoms with van der Waals surface area (Å²) < 4.78 is 26.8. The molecule has 0 spiro atoms. The molecule has 0 aliphatic rings. The van der Waals surface area contributed by atoms with Crippen molar-refractivity contribution < 1.29 is 23.5 Å². The van der Waals surface area contributed by atoms with Crippen LogP contribution in [0.1, 0.15) is 21.5 Å². The number of carbonyl (C=O) groups is 2. The van der Waals surface area contributed by atoms with Crippen LogP contribution in [0.25, 0.3) is 0 Å². The fourth-order valence-corrected chi connectivity index (χ4v) is 2.12. The minimum Gasteiger partial charge on any atom is -0.480 e. The summed E-state index contributed by atoms with van der Waals surface area (Å²) in [5, 5.41) is 20.2. The topological polar surface area (TPSA) is 90.2 Å². The predicted molar refractivity (Wildman–Crippen MR) is 80.1 cm³/mol. The van der Waals surface area contributed by atoms with Gasteiger partial charge in [0.05, 0.1) is 17.2 Å². The third-order valence-corrected chi connectivity index (χ3v) is 3.30. The number of carbonyl (C=O) groups excluding carboxylic acids is 1. The molecule has 24 heavy (non-hydrogen) atoms. The fourth-order valence-electron chi connectivity index (χ4n) is 2.12. The van der Waals surface area contributed by atoms with Gasteiger partial charge < -0.3 is 10.4 Å². The zero-order chi connectivity index (χ0) is 17.7. The zero-order valence-electron chi connectivity index (χ0n) is 12.3. The van der Waals surface area contributed by atoms with E-state index in [2.05, 4.69) is 5.32 Å². The Hall–Kier alpha value is -3.27. The molecule has 5 nitrogen and oxygen atoms in total. The van der Waals surface area contributed by atoms with Crippen LogP contribution in [0.2, 0.25) is 0 Å².